The zero-order valence-electron chi connectivity index (χ0n) is 61.0. The highest BCUT2D eigenvalue weighted by Crippen LogP contribution is 2.43. The number of carbonyl (C=O) groups excluding carboxylic acids is 2. The summed E-state index contributed by atoms with van der Waals surface area (Å²) in [6, 6.07) is 0. The van der Waals surface area contributed by atoms with Gasteiger partial charge in [-0.25, -0.2) is 4.57 Å². The lowest BCUT2D eigenvalue weighted by molar-refractivity contribution is -0.161. The van der Waals surface area contributed by atoms with Crippen molar-refractivity contribution in [2.75, 3.05) is 26.4 Å². The van der Waals surface area contributed by atoms with Crippen LogP contribution in [0.5, 0.6) is 0 Å². The average Bonchev–Trinajstić information content (AvgIpc) is 3.70. The standard InChI is InChI=1S/C83H150NO8P/c1-3-5-7-9-11-13-15-17-19-21-23-25-27-29-31-33-35-37-39-40-42-43-45-47-49-51-53-55-57-59-61-63-65-67-69-71-73-75-82(85)89-79-81(80-91-93(87,88)90-78-77-84)92-83(86)76-74-72-70-68-66-64-62-60-58-56-54-52-50-48-46-44-41-38-36-34-32-30-28-26-24-22-20-18-16-14-12-10-8-6-4-2/h6,8,12,14,18,20-21,23-24,26,30,32,36,38,44,46,81H,3-5,7,9-11,13,15-17,19,22,25,27-29,31,33-35,37,39-43,45,47-80,84H2,1-2H3,(H,87,88)/b8-6-,14-12-,20-18-,23-21-,26-24-,32-30-,38-36-,46-44-. The molecular formula is C83H150NO8P. The van der Waals surface area contributed by atoms with Crippen molar-refractivity contribution in [1.29, 1.82) is 0 Å². The first kappa shape index (κ1) is 89.9. The Morgan fingerprint density at radius 1 is 0.333 bits per heavy atom. The molecule has 0 heterocycles. The van der Waals surface area contributed by atoms with Crippen molar-refractivity contribution < 1.29 is 37.6 Å². The smallest absolute Gasteiger partial charge is 0.462 e. The number of phosphoric ester groups is 1. The van der Waals surface area contributed by atoms with Gasteiger partial charge in [-0.15, -0.1) is 0 Å². The van der Waals surface area contributed by atoms with Crippen LogP contribution in [0.3, 0.4) is 0 Å². The van der Waals surface area contributed by atoms with Gasteiger partial charge in [0, 0.05) is 19.4 Å². The van der Waals surface area contributed by atoms with Crippen LogP contribution in [0.1, 0.15) is 386 Å². The van der Waals surface area contributed by atoms with Gasteiger partial charge in [-0.3, -0.25) is 18.6 Å². The minimum atomic E-state index is -4.40. The summed E-state index contributed by atoms with van der Waals surface area (Å²) in [6.07, 6.45) is 107. The van der Waals surface area contributed by atoms with E-state index in [9.17, 15) is 19.0 Å². The Morgan fingerprint density at radius 2 is 0.591 bits per heavy atom. The lowest BCUT2D eigenvalue weighted by Gasteiger charge is -2.19. The zero-order chi connectivity index (χ0) is 67.2. The van der Waals surface area contributed by atoms with E-state index in [-0.39, 0.29) is 38.6 Å². The molecule has 2 unspecified atom stereocenters. The number of phosphoric acid groups is 1. The molecule has 0 bridgehead atoms. The molecule has 0 aliphatic heterocycles. The molecule has 0 aromatic heterocycles. The third kappa shape index (κ3) is 77.8. The second kappa shape index (κ2) is 77.9. The summed E-state index contributed by atoms with van der Waals surface area (Å²) in [7, 11) is -4.40. The predicted octanol–water partition coefficient (Wildman–Crippen LogP) is 26.6. The van der Waals surface area contributed by atoms with Crippen molar-refractivity contribution in [2.24, 2.45) is 5.73 Å². The summed E-state index contributed by atoms with van der Waals surface area (Å²) >= 11 is 0. The van der Waals surface area contributed by atoms with E-state index in [4.69, 9.17) is 24.3 Å². The molecule has 0 aliphatic rings. The number of allylic oxidation sites excluding steroid dienone is 16. The van der Waals surface area contributed by atoms with Crippen LogP contribution >= 0.6 is 7.82 Å². The van der Waals surface area contributed by atoms with Crippen LogP contribution in [-0.4, -0.2) is 49.3 Å². The number of rotatable bonds is 75. The Hall–Kier alpha value is -3.07. The minimum absolute atomic E-state index is 0.0519. The number of ether oxygens (including phenoxy) is 2. The molecule has 0 amide bonds. The topological polar surface area (TPSA) is 134 Å². The maximum Gasteiger partial charge on any atom is 0.472 e. The van der Waals surface area contributed by atoms with E-state index in [2.05, 4.69) is 111 Å². The van der Waals surface area contributed by atoms with E-state index in [0.717, 1.165) is 83.5 Å². The van der Waals surface area contributed by atoms with Crippen LogP contribution in [0.2, 0.25) is 0 Å². The largest absolute Gasteiger partial charge is 0.472 e. The summed E-state index contributed by atoms with van der Waals surface area (Å²) in [5, 5.41) is 0. The van der Waals surface area contributed by atoms with E-state index in [1.807, 2.05) is 0 Å². The number of hydrogen-bond acceptors (Lipinski definition) is 8. The van der Waals surface area contributed by atoms with Gasteiger partial charge >= 0.3 is 19.8 Å². The quantitative estimate of drug-likeness (QED) is 0.0264. The minimum Gasteiger partial charge on any atom is -0.462 e. The first-order valence-corrected chi connectivity index (χ1v) is 41.2. The van der Waals surface area contributed by atoms with Gasteiger partial charge in [0.2, 0.25) is 0 Å². The summed E-state index contributed by atoms with van der Waals surface area (Å²) < 4.78 is 33.3. The Labute approximate surface area is 576 Å². The maximum atomic E-state index is 12.8. The molecule has 0 aliphatic carbocycles. The zero-order valence-corrected chi connectivity index (χ0v) is 61.9. The Kier molecular flexibility index (Phi) is 75.4. The van der Waals surface area contributed by atoms with E-state index < -0.39 is 26.5 Å². The normalized spacial score (nSPS) is 13.4. The van der Waals surface area contributed by atoms with Crippen molar-refractivity contribution in [3.05, 3.63) is 97.2 Å². The molecule has 0 fully saturated rings. The molecule has 93 heavy (non-hydrogen) atoms. The highest BCUT2D eigenvalue weighted by atomic mass is 31.2. The molecular weight excluding hydrogens is 1170 g/mol. The SMILES string of the molecule is CC/C=C\C/C=C\C/C=C\C/C=C\C/C=C\C/C=C\C/C=C\CCCCCCCCCCCCCCCC(=O)OC(COC(=O)CCCCCCCCCCCCCCCCCCCCCCCCCCC/C=C\CCCCCCCCCC)COP(=O)(O)OCCN. The van der Waals surface area contributed by atoms with Gasteiger partial charge < -0.3 is 20.1 Å². The predicted molar refractivity (Wildman–Crippen MR) is 404 cm³/mol. The lowest BCUT2D eigenvalue weighted by atomic mass is 10.0. The van der Waals surface area contributed by atoms with Gasteiger partial charge in [0.25, 0.3) is 0 Å². The molecule has 0 saturated heterocycles. The monoisotopic (exact) mass is 1320 g/mol. The molecule has 0 rings (SSSR count). The fourth-order valence-corrected chi connectivity index (χ4v) is 12.4. The molecule has 9 nitrogen and oxygen atoms in total. The van der Waals surface area contributed by atoms with Crippen LogP contribution in [0.25, 0.3) is 0 Å². The lowest BCUT2D eigenvalue weighted by Crippen LogP contribution is -2.29. The van der Waals surface area contributed by atoms with Gasteiger partial charge in [-0.05, 0) is 96.3 Å². The van der Waals surface area contributed by atoms with Gasteiger partial charge in [-0.2, -0.15) is 0 Å². The molecule has 0 radical (unpaired) electrons. The van der Waals surface area contributed by atoms with E-state index >= 15 is 0 Å². The van der Waals surface area contributed by atoms with Crippen molar-refractivity contribution in [1.82, 2.24) is 0 Å². The number of nitrogens with two attached hydrogens (primary N) is 1. The second-order valence-corrected chi connectivity index (χ2v) is 28.0. The first-order chi connectivity index (χ1) is 45.8. The van der Waals surface area contributed by atoms with Gasteiger partial charge in [0.15, 0.2) is 6.10 Å². The van der Waals surface area contributed by atoms with Crippen molar-refractivity contribution in [3.63, 3.8) is 0 Å². The second-order valence-electron chi connectivity index (χ2n) is 26.6. The van der Waals surface area contributed by atoms with Crippen molar-refractivity contribution in [2.45, 2.75) is 392 Å². The van der Waals surface area contributed by atoms with Gasteiger partial charge in [-0.1, -0.05) is 374 Å². The molecule has 2 atom stereocenters. The van der Waals surface area contributed by atoms with E-state index in [1.54, 1.807) is 0 Å². The number of hydrogen-bond donors (Lipinski definition) is 2. The molecule has 3 N–H and O–H groups in total. The van der Waals surface area contributed by atoms with Gasteiger partial charge in [0.1, 0.15) is 6.61 Å². The van der Waals surface area contributed by atoms with Crippen LogP contribution in [0.4, 0.5) is 0 Å². The highest BCUT2D eigenvalue weighted by molar-refractivity contribution is 7.47. The maximum absolute atomic E-state index is 12.8. The molecule has 540 valence electrons. The fraction of sp³-hybridized carbons (Fsp3) is 0.783. The molecule has 0 aromatic carbocycles. The van der Waals surface area contributed by atoms with Gasteiger partial charge in [0.05, 0.1) is 13.2 Å². The Balaban J connectivity index is 3.80. The third-order valence-corrected chi connectivity index (χ3v) is 18.4. The number of unbranched alkanes of at least 4 members (excludes halogenated alkanes) is 46. The van der Waals surface area contributed by atoms with Crippen LogP contribution in [0, 0.1) is 0 Å². The third-order valence-electron chi connectivity index (χ3n) is 17.5. The molecule has 0 spiro atoms. The molecule has 0 saturated carbocycles. The van der Waals surface area contributed by atoms with Crippen LogP contribution in [-0.2, 0) is 32.7 Å². The number of esters is 2. The fourth-order valence-electron chi connectivity index (χ4n) is 11.6. The molecule has 10 heteroatoms. The highest BCUT2D eigenvalue weighted by Gasteiger charge is 2.26. The summed E-state index contributed by atoms with van der Waals surface area (Å²) in [6.45, 7) is 3.68. The first-order valence-electron chi connectivity index (χ1n) is 39.7. The van der Waals surface area contributed by atoms with E-state index in [1.165, 1.54) is 270 Å². The molecule has 0 aromatic rings. The Bertz CT molecular complexity index is 1850. The van der Waals surface area contributed by atoms with Crippen molar-refractivity contribution in [3.8, 4) is 0 Å². The average molecular weight is 1320 g/mol. The van der Waals surface area contributed by atoms with Crippen molar-refractivity contribution >= 4 is 19.8 Å². The Morgan fingerprint density at radius 3 is 0.892 bits per heavy atom. The summed E-state index contributed by atoms with van der Waals surface area (Å²) in [4.78, 5) is 35.5. The summed E-state index contributed by atoms with van der Waals surface area (Å²) in [5.74, 6) is -0.814. The summed E-state index contributed by atoms with van der Waals surface area (Å²) in [5.41, 5.74) is 5.41. The number of carbonyl (C=O) groups is 2. The van der Waals surface area contributed by atoms with Crippen LogP contribution < -0.4 is 5.73 Å². The van der Waals surface area contributed by atoms with Crippen LogP contribution in [0.15, 0.2) is 97.2 Å². The van der Waals surface area contributed by atoms with E-state index in [0.29, 0.717) is 6.42 Å².